The number of anilines is 1. The van der Waals surface area contributed by atoms with E-state index in [1.807, 2.05) is 5.06 Å². The second kappa shape index (κ2) is 12.9. The molecule has 9 heteroatoms. The van der Waals surface area contributed by atoms with Gasteiger partial charge in [-0.3, -0.25) is 9.59 Å². The quantitative estimate of drug-likeness (QED) is 0.465. The SMILES string of the molecule is CCCCCCCCCCC(=O)ON1CCCC12CCN(C(=O)n1ccc(NC(C)=O)n1)CC2. The molecular weight excluding hydrogens is 434 g/mol. The Labute approximate surface area is 203 Å². The lowest BCUT2D eigenvalue weighted by Crippen LogP contribution is -2.54. The second-order valence-electron chi connectivity index (χ2n) is 9.71. The average Bonchev–Trinajstić information content (AvgIpc) is 3.42. The molecule has 0 bridgehead atoms. The van der Waals surface area contributed by atoms with E-state index < -0.39 is 0 Å². The molecule has 2 aliphatic rings. The number of amides is 2. The average molecular weight is 476 g/mol. The van der Waals surface area contributed by atoms with Crippen LogP contribution in [0.25, 0.3) is 0 Å². The number of hydroxylamine groups is 2. The Bertz CT molecular complexity index is 816. The predicted octanol–water partition coefficient (Wildman–Crippen LogP) is 4.73. The molecule has 1 aromatic heterocycles. The van der Waals surface area contributed by atoms with E-state index in [9.17, 15) is 14.4 Å². The van der Waals surface area contributed by atoms with Crippen LogP contribution >= 0.6 is 0 Å². The molecule has 0 aromatic carbocycles. The van der Waals surface area contributed by atoms with Crippen LogP contribution in [0.5, 0.6) is 0 Å². The zero-order valence-corrected chi connectivity index (χ0v) is 20.9. The summed E-state index contributed by atoms with van der Waals surface area (Å²) in [6, 6.07) is 1.40. The minimum Gasteiger partial charge on any atom is -0.367 e. The van der Waals surface area contributed by atoms with Gasteiger partial charge in [-0.25, -0.2) is 4.79 Å². The van der Waals surface area contributed by atoms with Crippen molar-refractivity contribution in [3.05, 3.63) is 12.3 Å². The molecule has 3 rings (SSSR count). The van der Waals surface area contributed by atoms with E-state index in [1.165, 1.54) is 50.1 Å². The molecule has 0 radical (unpaired) electrons. The Balaban J connectivity index is 1.40. The summed E-state index contributed by atoms with van der Waals surface area (Å²) in [5.74, 6) is 0.00315. The van der Waals surface area contributed by atoms with E-state index in [1.54, 1.807) is 17.2 Å². The van der Waals surface area contributed by atoms with Crippen LogP contribution in [0.15, 0.2) is 12.3 Å². The summed E-state index contributed by atoms with van der Waals surface area (Å²) >= 11 is 0. The number of carbonyl (C=O) groups excluding carboxylic acids is 3. The summed E-state index contributed by atoms with van der Waals surface area (Å²) in [7, 11) is 0. The van der Waals surface area contributed by atoms with Crippen LogP contribution in [0.3, 0.4) is 0 Å². The predicted molar refractivity (Wildman–Crippen MR) is 130 cm³/mol. The molecule has 1 aromatic rings. The number of piperidine rings is 1. The summed E-state index contributed by atoms with van der Waals surface area (Å²) in [5, 5.41) is 8.63. The fourth-order valence-corrected chi connectivity index (χ4v) is 5.06. The van der Waals surface area contributed by atoms with Gasteiger partial charge in [0.05, 0.1) is 5.54 Å². The van der Waals surface area contributed by atoms with Crippen LogP contribution in [0.1, 0.15) is 97.3 Å². The van der Waals surface area contributed by atoms with Crippen molar-refractivity contribution in [2.75, 3.05) is 25.0 Å². The highest BCUT2D eigenvalue weighted by Gasteiger charge is 2.46. The van der Waals surface area contributed by atoms with E-state index in [-0.39, 0.29) is 23.4 Å². The topological polar surface area (TPSA) is 96.8 Å². The van der Waals surface area contributed by atoms with Gasteiger partial charge < -0.3 is 15.1 Å². The molecule has 1 spiro atoms. The van der Waals surface area contributed by atoms with Gasteiger partial charge in [0.15, 0.2) is 5.82 Å². The van der Waals surface area contributed by atoms with Crippen LogP contribution in [0.4, 0.5) is 10.6 Å². The molecule has 2 amide bonds. The van der Waals surface area contributed by atoms with Gasteiger partial charge in [0.2, 0.25) is 5.91 Å². The smallest absolute Gasteiger partial charge is 0.344 e. The van der Waals surface area contributed by atoms with Gasteiger partial charge in [-0.15, -0.1) is 10.2 Å². The Morgan fingerprint density at radius 3 is 2.35 bits per heavy atom. The van der Waals surface area contributed by atoms with Gasteiger partial charge in [0, 0.05) is 45.2 Å². The highest BCUT2D eigenvalue weighted by molar-refractivity contribution is 5.88. The molecule has 3 heterocycles. The molecule has 0 aliphatic carbocycles. The summed E-state index contributed by atoms with van der Waals surface area (Å²) in [6.45, 7) is 5.56. The fraction of sp³-hybridized carbons (Fsp3) is 0.760. The van der Waals surface area contributed by atoms with Crippen molar-refractivity contribution in [1.29, 1.82) is 0 Å². The minimum atomic E-state index is -0.226. The van der Waals surface area contributed by atoms with Crippen molar-refractivity contribution in [3.8, 4) is 0 Å². The molecule has 2 saturated heterocycles. The van der Waals surface area contributed by atoms with E-state index >= 15 is 0 Å². The van der Waals surface area contributed by atoms with Gasteiger partial charge in [0.1, 0.15) is 0 Å². The Morgan fingerprint density at radius 1 is 1.00 bits per heavy atom. The van der Waals surface area contributed by atoms with Crippen molar-refractivity contribution in [2.45, 2.75) is 103 Å². The monoisotopic (exact) mass is 475 g/mol. The lowest BCUT2D eigenvalue weighted by atomic mass is 9.86. The maximum atomic E-state index is 12.8. The van der Waals surface area contributed by atoms with Crippen LogP contribution in [-0.2, 0) is 14.4 Å². The first-order chi connectivity index (χ1) is 16.4. The van der Waals surface area contributed by atoms with Crippen LogP contribution < -0.4 is 5.32 Å². The number of unbranched alkanes of at least 4 members (excludes halogenated alkanes) is 7. The third kappa shape index (κ3) is 7.29. The lowest BCUT2D eigenvalue weighted by molar-refractivity contribution is -0.216. The number of carbonyl (C=O) groups is 3. The number of hydrogen-bond acceptors (Lipinski definition) is 6. The molecular formula is C25H41N5O4. The number of likely N-dealkylation sites (tertiary alicyclic amines) is 1. The van der Waals surface area contributed by atoms with Crippen molar-refractivity contribution in [3.63, 3.8) is 0 Å². The van der Waals surface area contributed by atoms with Crippen molar-refractivity contribution >= 4 is 23.7 Å². The van der Waals surface area contributed by atoms with Gasteiger partial charge in [0.25, 0.3) is 0 Å². The molecule has 190 valence electrons. The van der Waals surface area contributed by atoms with E-state index in [0.29, 0.717) is 25.3 Å². The zero-order valence-electron chi connectivity index (χ0n) is 20.9. The zero-order chi connectivity index (χ0) is 24.4. The Morgan fingerprint density at radius 2 is 1.68 bits per heavy atom. The molecule has 0 unspecified atom stereocenters. The highest BCUT2D eigenvalue weighted by atomic mass is 16.7. The molecule has 0 atom stereocenters. The molecule has 2 fully saturated rings. The number of nitrogens with zero attached hydrogens (tertiary/aromatic N) is 4. The lowest BCUT2D eigenvalue weighted by Gasteiger charge is -2.43. The third-order valence-electron chi connectivity index (χ3n) is 7.03. The first-order valence-electron chi connectivity index (χ1n) is 13.0. The molecule has 1 N–H and O–H groups in total. The Kier molecular flexibility index (Phi) is 9.92. The Hall–Kier alpha value is -2.42. The van der Waals surface area contributed by atoms with Crippen molar-refractivity contribution in [1.82, 2.24) is 19.7 Å². The highest BCUT2D eigenvalue weighted by Crippen LogP contribution is 2.39. The van der Waals surface area contributed by atoms with Crippen molar-refractivity contribution in [2.24, 2.45) is 0 Å². The first kappa shape index (κ1) is 26.2. The van der Waals surface area contributed by atoms with Crippen molar-refractivity contribution < 1.29 is 19.2 Å². The number of nitrogens with one attached hydrogen (secondary N) is 1. The fourth-order valence-electron chi connectivity index (χ4n) is 5.06. The summed E-state index contributed by atoms with van der Waals surface area (Å²) < 4.78 is 1.26. The van der Waals surface area contributed by atoms with Crippen LogP contribution in [0.2, 0.25) is 0 Å². The summed E-state index contributed by atoms with van der Waals surface area (Å²) in [4.78, 5) is 44.1. The molecule has 0 saturated carbocycles. The standard InChI is InChI=1S/C25H41N5O4/c1-3-4-5-6-7-8-9-10-12-23(32)34-30-17-11-14-25(30)15-19-28(20-16-25)24(33)29-18-13-22(27-29)26-21(2)31/h13,18H,3-12,14-17,19-20H2,1-2H3,(H,26,27,31). The normalized spacial score (nSPS) is 17.8. The third-order valence-corrected chi connectivity index (χ3v) is 7.03. The molecule has 2 aliphatic heterocycles. The van der Waals surface area contributed by atoms with E-state index in [4.69, 9.17) is 4.84 Å². The first-order valence-corrected chi connectivity index (χ1v) is 13.0. The maximum Gasteiger partial charge on any atom is 0.344 e. The minimum absolute atomic E-state index is 0.132. The van der Waals surface area contributed by atoms with Gasteiger partial charge in [-0.2, -0.15) is 4.68 Å². The van der Waals surface area contributed by atoms with Gasteiger partial charge in [-0.1, -0.05) is 51.9 Å². The van der Waals surface area contributed by atoms with Gasteiger partial charge >= 0.3 is 12.0 Å². The largest absolute Gasteiger partial charge is 0.367 e. The number of rotatable bonds is 11. The van der Waals surface area contributed by atoms with E-state index in [0.717, 1.165) is 45.1 Å². The maximum absolute atomic E-state index is 12.8. The van der Waals surface area contributed by atoms with Crippen LogP contribution in [0, 0.1) is 0 Å². The molecule has 34 heavy (non-hydrogen) atoms. The summed E-state index contributed by atoms with van der Waals surface area (Å²) in [5.41, 5.74) is -0.169. The second-order valence-corrected chi connectivity index (χ2v) is 9.71. The van der Waals surface area contributed by atoms with E-state index in [2.05, 4.69) is 17.3 Å². The number of aromatic nitrogens is 2. The van der Waals surface area contributed by atoms with Crippen LogP contribution in [-0.4, -0.2) is 62.8 Å². The number of hydrogen-bond donors (Lipinski definition) is 1. The molecule has 9 nitrogen and oxygen atoms in total. The van der Waals surface area contributed by atoms with Gasteiger partial charge in [-0.05, 0) is 32.1 Å². The summed E-state index contributed by atoms with van der Waals surface area (Å²) in [6.07, 6.45) is 15.2.